The average Bonchev–Trinajstić information content (AvgIpc) is 2.65. The fourth-order valence-electron chi connectivity index (χ4n) is 1.66. The van der Waals surface area contributed by atoms with Gasteiger partial charge in [0.15, 0.2) is 0 Å². The smallest absolute Gasteiger partial charge is 0.328 e. The fraction of sp³-hybridized carbons (Fsp3) is 0.538. The van der Waals surface area contributed by atoms with E-state index in [1.807, 2.05) is 36.4 Å². The Morgan fingerprint density at radius 1 is 1.38 bits per heavy atom. The van der Waals surface area contributed by atoms with Gasteiger partial charge in [0.25, 0.3) is 5.91 Å². The standard InChI is InChI=1S/C13H16Cl2INO3S/c1-4-20-13(19)7(5-6(2)3)17-12(18)10-9(16)8(14)11(15)21-10/h6-7H,4-5H2,1-3H3,(H,17,18). The molecular weight excluding hydrogens is 448 g/mol. The van der Waals surface area contributed by atoms with E-state index in [4.69, 9.17) is 27.9 Å². The van der Waals surface area contributed by atoms with Crippen LogP contribution in [-0.2, 0) is 9.53 Å². The first-order valence-electron chi connectivity index (χ1n) is 6.38. The molecule has 1 unspecified atom stereocenters. The van der Waals surface area contributed by atoms with Crippen molar-refractivity contribution in [2.45, 2.75) is 33.2 Å². The molecule has 0 spiro atoms. The number of esters is 1. The van der Waals surface area contributed by atoms with E-state index in [2.05, 4.69) is 5.32 Å². The zero-order valence-electron chi connectivity index (χ0n) is 11.8. The van der Waals surface area contributed by atoms with Gasteiger partial charge in [-0.2, -0.15) is 0 Å². The van der Waals surface area contributed by atoms with E-state index in [0.29, 0.717) is 24.2 Å². The van der Waals surface area contributed by atoms with E-state index in [-0.39, 0.29) is 18.4 Å². The molecule has 1 amide bonds. The third-order valence-corrected chi connectivity index (χ3v) is 6.29. The van der Waals surface area contributed by atoms with Crippen molar-refractivity contribution in [3.63, 3.8) is 0 Å². The molecule has 21 heavy (non-hydrogen) atoms. The molecule has 1 aromatic heterocycles. The number of hydrogen-bond acceptors (Lipinski definition) is 4. The maximum atomic E-state index is 12.3. The van der Waals surface area contributed by atoms with Crippen molar-refractivity contribution in [3.05, 3.63) is 17.8 Å². The predicted molar refractivity (Wildman–Crippen MR) is 94.4 cm³/mol. The minimum atomic E-state index is -0.673. The van der Waals surface area contributed by atoms with Gasteiger partial charge >= 0.3 is 5.97 Å². The lowest BCUT2D eigenvalue weighted by Gasteiger charge is -2.18. The molecule has 1 atom stereocenters. The molecule has 0 aliphatic carbocycles. The van der Waals surface area contributed by atoms with Gasteiger partial charge in [-0.05, 0) is 41.9 Å². The van der Waals surface area contributed by atoms with Crippen LogP contribution in [0.15, 0.2) is 0 Å². The number of carbonyl (C=O) groups is 2. The largest absolute Gasteiger partial charge is 0.464 e. The van der Waals surface area contributed by atoms with Gasteiger partial charge in [0.1, 0.15) is 15.3 Å². The molecule has 8 heteroatoms. The van der Waals surface area contributed by atoms with Crippen molar-refractivity contribution >= 4 is 69.0 Å². The van der Waals surface area contributed by atoms with Crippen LogP contribution in [0.25, 0.3) is 0 Å². The summed E-state index contributed by atoms with van der Waals surface area (Å²) in [4.78, 5) is 24.6. The Morgan fingerprint density at radius 2 is 2.00 bits per heavy atom. The highest BCUT2D eigenvalue weighted by atomic mass is 127. The van der Waals surface area contributed by atoms with Crippen molar-refractivity contribution in [2.75, 3.05) is 6.61 Å². The number of hydrogen-bond donors (Lipinski definition) is 1. The summed E-state index contributed by atoms with van der Waals surface area (Å²) in [5, 5.41) is 3.07. The van der Waals surface area contributed by atoms with Gasteiger partial charge in [0.05, 0.1) is 15.2 Å². The molecule has 1 rings (SSSR count). The molecule has 0 saturated heterocycles. The number of rotatable bonds is 6. The van der Waals surface area contributed by atoms with Gasteiger partial charge < -0.3 is 10.1 Å². The highest BCUT2D eigenvalue weighted by Crippen LogP contribution is 2.37. The number of carbonyl (C=O) groups excluding carboxylic acids is 2. The number of halogens is 3. The number of nitrogens with one attached hydrogen (secondary N) is 1. The summed E-state index contributed by atoms with van der Waals surface area (Å²) in [5.74, 6) is -0.547. The topological polar surface area (TPSA) is 55.4 Å². The molecule has 4 nitrogen and oxygen atoms in total. The predicted octanol–water partition coefficient (Wildman–Crippen LogP) is 4.37. The maximum Gasteiger partial charge on any atom is 0.328 e. The zero-order chi connectivity index (χ0) is 16.2. The Hall–Kier alpha value is -0.0500. The van der Waals surface area contributed by atoms with Crippen LogP contribution < -0.4 is 5.32 Å². The molecule has 1 heterocycles. The van der Waals surface area contributed by atoms with Crippen LogP contribution in [0.3, 0.4) is 0 Å². The van der Waals surface area contributed by atoms with Crippen LogP contribution in [-0.4, -0.2) is 24.5 Å². The lowest BCUT2D eigenvalue weighted by Crippen LogP contribution is -2.42. The van der Waals surface area contributed by atoms with Gasteiger partial charge in [0, 0.05) is 0 Å². The molecule has 0 aliphatic rings. The first kappa shape index (κ1) is 19.0. The average molecular weight is 464 g/mol. The molecule has 0 aliphatic heterocycles. The van der Waals surface area contributed by atoms with E-state index < -0.39 is 12.0 Å². The highest BCUT2D eigenvalue weighted by molar-refractivity contribution is 14.1. The van der Waals surface area contributed by atoms with E-state index in [9.17, 15) is 9.59 Å². The Bertz CT molecular complexity index is 534. The Morgan fingerprint density at radius 3 is 2.43 bits per heavy atom. The summed E-state index contributed by atoms with van der Waals surface area (Å²) >= 11 is 15.0. The molecule has 1 aromatic rings. The number of thiophene rings is 1. The minimum Gasteiger partial charge on any atom is -0.464 e. The van der Waals surface area contributed by atoms with Crippen LogP contribution >= 0.6 is 57.1 Å². The lowest BCUT2D eigenvalue weighted by molar-refractivity contribution is -0.145. The van der Waals surface area contributed by atoms with Gasteiger partial charge in [-0.3, -0.25) is 4.79 Å². The number of ether oxygens (including phenoxy) is 1. The summed E-state index contributed by atoms with van der Waals surface area (Å²) in [6, 6.07) is -0.673. The van der Waals surface area contributed by atoms with Crippen LogP contribution in [0.2, 0.25) is 9.36 Å². The summed E-state index contributed by atoms with van der Waals surface area (Å²) in [6.07, 6.45) is 0.508. The first-order chi connectivity index (χ1) is 9.77. The maximum absolute atomic E-state index is 12.3. The molecule has 0 saturated carbocycles. The molecular formula is C13H16Cl2INO3S. The molecule has 0 radical (unpaired) electrons. The van der Waals surface area contributed by atoms with Crippen molar-refractivity contribution in [2.24, 2.45) is 5.92 Å². The summed E-state index contributed by atoms with van der Waals surface area (Å²) in [6.45, 7) is 5.95. The van der Waals surface area contributed by atoms with Crippen LogP contribution in [0.5, 0.6) is 0 Å². The fourth-order valence-corrected chi connectivity index (χ4v) is 4.16. The summed E-state index contributed by atoms with van der Waals surface area (Å²) in [5.41, 5.74) is 0. The van der Waals surface area contributed by atoms with Crippen molar-refractivity contribution in [1.82, 2.24) is 5.32 Å². The van der Waals surface area contributed by atoms with Gasteiger partial charge in [-0.15, -0.1) is 11.3 Å². The Kier molecular flexibility index (Phi) is 7.73. The van der Waals surface area contributed by atoms with Crippen LogP contribution in [0.1, 0.15) is 36.9 Å². The van der Waals surface area contributed by atoms with Crippen LogP contribution in [0, 0.1) is 9.49 Å². The second kappa shape index (κ2) is 8.55. The van der Waals surface area contributed by atoms with Crippen molar-refractivity contribution in [3.8, 4) is 0 Å². The van der Waals surface area contributed by atoms with Gasteiger partial charge in [-0.1, -0.05) is 37.0 Å². The second-order valence-corrected chi connectivity index (χ2v) is 7.82. The van der Waals surface area contributed by atoms with E-state index in [0.717, 1.165) is 11.3 Å². The van der Waals surface area contributed by atoms with Crippen LogP contribution in [0.4, 0.5) is 0 Å². The first-order valence-corrected chi connectivity index (χ1v) is 9.03. The summed E-state index contributed by atoms with van der Waals surface area (Å²) in [7, 11) is 0. The van der Waals surface area contributed by atoms with Gasteiger partial charge in [-0.25, -0.2) is 4.79 Å². The lowest BCUT2D eigenvalue weighted by atomic mass is 10.0. The van der Waals surface area contributed by atoms with Crippen molar-refractivity contribution < 1.29 is 14.3 Å². The third-order valence-electron chi connectivity index (χ3n) is 2.55. The molecule has 1 N–H and O–H groups in total. The molecule has 118 valence electrons. The van der Waals surface area contributed by atoms with Crippen molar-refractivity contribution in [1.29, 1.82) is 0 Å². The molecule has 0 bridgehead atoms. The highest BCUT2D eigenvalue weighted by Gasteiger charge is 2.26. The Labute approximate surface area is 151 Å². The van der Waals surface area contributed by atoms with E-state index in [1.54, 1.807) is 6.92 Å². The summed E-state index contributed by atoms with van der Waals surface area (Å²) < 4.78 is 5.95. The minimum absolute atomic E-state index is 0.245. The third kappa shape index (κ3) is 5.26. The van der Waals surface area contributed by atoms with E-state index in [1.165, 1.54) is 0 Å². The van der Waals surface area contributed by atoms with E-state index >= 15 is 0 Å². The normalized spacial score (nSPS) is 12.3. The molecule has 0 fully saturated rings. The Balaban J connectivity index is 2.89. The monoisotopic (exact) mass is 463 g/mol. The molecule has 0 aromatic carbocycles. The number of amides is 1. The van der Waals surface area contributed by atoms with Gasteiger partial charge in [0.2, 0.25) is 0 Å². The SMILES string of the molecule is CCOC(=O)C(CC(C)C)NC(=O)c1sc(Cl)c(Cl)c1I. The quantitative estimate of drug-likeness (QED) is 0.503. The second-order valence-electron chi connectivity index (χ2n) is 4.74. The zero-order valence-corrected chi connectivity index (χ0v) is 16.3.